The minimum atomic E-state index is -1.77. The highest BCUT2D eigenvalue weighted by Gasteiger charge is 2.23. The first-order valence-corrected chi connectivity index (χ1v) is 5.56. The van der Waals surface area contributed by atoms with Gasteiger partial charge in [0.25, 0.3) is 0 Å². The summed E-state index contributed by atoms with van der Waals surface area (Å²) in [4.78, 5) is 0. The van der Waals surface area contributed by atoms with Crippen molar-refractivity contribution in [3.8, 4) is 0 Å². The molecule has 0 unspecified atom stereocenters. The predicted molar refractivity (Wildman–Crippen MR) is 59.2 cm³/mol. The van der Waals surface area contributed by atoms with E-state index >= 15 is 0 Å². The molecule has 0 saturated carbocycles. The second kappa shape index (κ2) is 3.43. The smallest absolute Gasteiger partial charge is 0.198 e. The van der Waals surface area contributed by atoms with Crippen LogP contribution in [0.1, 0.15) is 0 Å². The van der Waals surface area contributed by atoms with E-state index in [4.69, 9.17) is 0 Å². The molecule has 0 aliphatic heterocycles. The highest BCUT2D eigenvalue weighted by molar-refractivity contribution is 7.25. The highest BCUT2D eigenvalue weighted by Crippen LogP contribution is 2.38. The molecule has 1 aromatic heterocycles. The van der Waals surface area contributed by atoms with Gasteiger partial charge < -0.3 is 0 Å². The lowest BCUT2D eigenvalue weighted by atomic mass is 10.1. The van der Waals surface area contributed by atoms with E-state index in [9.17, 15) is 17.6 Å². The SMILES string of the molecule is Fc1c(F)c(F)c2c(sc3ccccc32)c1F. The van der Waals surface area contributed by atoms with E-state index in [-0.39, 0.29) is 10.1 Å². The quantitative estimate of drug-likeness (QED) is 0.313. The number of thiophene rings is 1. The van der Waals surface area contributed by atoms with Crippen LogP contribution in [-0.2, 0) is 0 Å². The lowest BCUT2D eigenvalue weighted by molar-refractivity contribution is 0.419. The van der Waals surface area contributed by atoms with Gasteiger partial charge in [-0.1, -0.05) is 18.2 Å². The Morgan fingerprint density at radius 1 is 0.765 bits per heavy atom. The number of rotatable bonds is 0. The van der Waals surface area contributed by atoms with Crippen molar-refractivity contribution in [1.82, 2.24) is 0 Å². The van der Waals surface area contributed by atoms with Crippen molar-refractivity contribution in [3.63, 3.8) is 0 Å². The van der Waals surface area contributed by atoms with Gasteiger partial charge in [-0.15, -0.1) is 11.3 Å². The molecule has 2 aromatic carbocycles. The summed E-state index contributed by atoms with van der Waals surface area (Å²) < 4.78 is 53.7. The lowest BCUT2D eigenvalue weighted by Crippen LogP contribution is -1.95. The summed E-state index contributed by atoms with van der Waals surface area (Å²) >= 11 is 0.904. The zero-order valence-corrected chi connectivity index (χ0v) is 9.05. The molecular weight excluding hydrogens is 252 g/mol. The van der Waals surface area contributed by atoms with E-state index in [1.807, 2.05) is 0 Å². The third kappa shape index (κ3) is 1.29. The Bertz CT molecular complexity index is 745. The summed E-state index contributed by atoms with van der Waals surface area (Å²) in [5, 5.41) is 0.199. The summed E-state index contributed by atoms with van der Waals surface area (Å²) in [6.45, 7) is 0. The molecule has 86 valence electrons. The van der Waals surface area contributed by atoms with Gasteiger partial charge in [0.1, 0.15) is 0 Å². The van der Waals surface area contributed by atoms with Crippen molar-refractivity contribution >= 4 is 31.5 Å². The van der Waals surface area contributed by atoms with Gasteiger partial charge in [-0.05, 0) is 6.07 Å². The third-order valence-corrected chi connectivity index (χ3v) is 3.76. The van der Waals surface area contributed by atoms with Crippen molar-refractivity contribution in [2.75, 3.05) is 0 Å². The summed E-state index contributed by atoms with van der Waals surface area (Å²) in [5.41, 5.74) is 0. The van der Waals surface area contributed by atoms with Crippen LogP contribution in [0.25, 0.3) is 20.2 Å². The summed E-state index contributed by atoms with van der Waals surface area (Å²) in [7, 11) is 0. The molecule has 0 bridgehead atoms. The maximum absolute atomic E-state index is 13.6. The molecule has 3 rings (SSSR count). The van der Waals surface area contributed by atoms with Gasteiger partial charge in [-0.3, -0.25) is 0 Å². The Hall–Kier alpha value is -1.62. The molecule has 1 heterocycles. The monoisotopic (exact) mass is 256 g/mol. The minimum Gasteiger partial charge on any atom is -0.203 e. The predicted octanol–water partition coefficient (Wildman–Crippen LogP) is 4.61. The van der Waals surface area contributed by atoms with Crippen LogP contribution in [0.2, 0.25) is 0 Å². The van der Waals surface area contributed by atoms with Crippen LogP contribution >= 0.6 is 11.3 Å². The van der Waals surface area contributed by atoms with Gasteiger partial charge in [-0.2, -0.15) is 0 Å². The molecule has 0 N–H and O–H groups in total. The molecule has 17 heavy (non-hydrogen) atoms. The van der Waals surface area contributed by atoms with Crippen LogP contribution in [0.5, 0.6) is 0 Å². The first-order chi connectivity index (χ1) is 8.11. The average Bonchev–Trinajstić information content (AvgIpc) is 2.73. The molecule has 0 atom stereocenters. The first-order valence-electron chi connectivity index (χ1n) is 4.74. The largest absolute Gasteiger partial charge is 0.203 e. The molecule has 3 aromatic rings. The second-order valence-corrected chi connectivity index (χ2v) is 4.61. The normalized spacial score (nSPS) is 11.5. The van der Waals surface area contributed by atoms with Crippen LogP contribution in [0, 0.1) is 23.3 Å². The summed E-state index contributed by atoms with van der Waals surface area (Å²) in [6.07, 6.45) is 0. The fourth-order valence-electron chi connectivity index (χ4n) is 1.82. The maximum atomic E-state index is 13.6. The van der Waals surface area contributed by atoms with Gasteiger partial charge in [0, 0.05) is 15.5 Å². The number of benzene rings is 2. The molecular formula is C12H4F4S. The highest BCUT2D eigenvalue weighted by atomic mass is 32.1. The van der Waals surface area contributed by atoms with E-state index in [1.165, 1.54) is 0 Å². The van der Waals surface area contributed by atoms with E-state index in [0.29, 0.717) is 10.1 Å². The van der Waals surface area contributed by atoms with E-state index < -0.39 is 23.3 Å². The van der Waals surface area contributed by atoms with Crippen molar-refractivity contribution in [3.05, 3.63) is 47.5 Å². The minimum absolute atomic E-state index is 0.192. The van der Waals surface area contributed by atoms with Gasteiger partial charge in [-0.25, -0.2) is 17.6 Å². The molecule has 0 aliphatic carbocycles. The standard InChI is InChI=1S/C12H4F4S/c13-8-7-5-3-1-2-4-6(5)17-12(7)11(16)10(15)9(8)14/h1-4H. The van der Waals surface area contributed by atoms with Crippen molar-refractivity contribution in [2.45, 2.75) is 0 Å². The van der Waals surface area contributed by atoms with Crippen LogP contribution in [0.15, 0.2) is 24.3 Å². The van der Waals surface area contributed by atoms with Crippen molar-refractivity contribution in [2.24, 2.45) is 0 Å². The van der Waals surface area contributed by atoms with Gasteiger partial charge in [0.05, 0.1) is 4.70 Å². The Morgan fingerprint density at radius 3 is 2.18 bits per heavy atom. The summed E-state index contributed by atoms with van der Waals surface area (Å²) in [6, 6.07) is 6.52. The van der Waals surface area contributed by atoms with Crippen LogP contribution in [0.3, 0.4) is 0 Å². The number of hydrogen-bond acceptors (Lipinski definition) is 1. The number of halogens is 4. The fraction of sp³-hybridized carbons (Fsp3) is 0. The Morgan fingerprint density at radius 2 is 1.41 bits per heavy atom. The Kier molecular flexibility index (Phi) is 2.13. The van der Waals surface area contributed by atoms with E-state index in [1.54, 1.807) is 24.3 Å². The van der Waals surface area contributed by atoms with Crippen molar-refractivity contribution in [1.29, 1.82) is 0 Å². The molecule has 0 spiro atoms. The van der Waals surface area contributed by atoms with Gasteiger partial charge in [0.2, 0.25) is 0 Å². The van der Waals surface area contributed by atoms with Gasteiger partial charge >= 0.3 is 0 Å². The second-order valence-electron chi connectivity index (χ2n) is 3.56. The molecule has 0 radical (unpaired) electrons. The number of hydrogen-bond donors (Lipinski definition) is 0. The Balaban J connectivity index is 2.67. The van der Waals surface area contributed by atoms with E-state index in [2.05, 4.69) is 0 Å². The topological polar surface area (TPSA) is 0 Å². The third-order valence-electron chi connectivity index (χ3n) is 2.59. The lowest BCUT2D eigenvalue weighted by Gasteiger charge is -1.99. The molecule has 0 saturated heterocycles. The summed E-state index contributed by atoms with van der Waals surface area (Å²) in [5.74, 6) is -6.20. The zero-order valence-electron chi connectivity index (χ0n) is 8.23. The first kappa shape index (κ1) is 10.5. The average molecular weight is 256 g/mol. The molecule has 5 heteroatoms. The maximum Gasteiger partial charge on any atom is 0.198 e. The zero-order chi connectivity index (χ0) is 12.2. The van der Waals surface area contributed by atoms with E-state index in [0.717, 1.165) is 11.3 Å². The van der Waals surface area contributed by atoms with Gasteiger partial charge in [0.15, 0.2) is 23.3 Å². The van der Waals surface area contributed by atoms with Crippen LogP contribution in [-0.4, -0.2) is 0 Å². The fourth-order valence-corrected chi connectivity index (χ4v) is 2.95. The molecule has 0 nitrogen and oxygen atoms in total. The van der Waals surface area contributed by atoms with Crippen molar-refractivity contribution < 1.29 is 17.6 Å². The van der Waals surface area contributed by atoms with Crippen LogP contribution in [0.4, 0.5) is 17.6 Å². The molecule has 0 amide bonds. The van der Waals surface area contributed by atoms with Crippen LogP contribution < -0.4 is 0 Å². The Labute approximate surface area is 97.1 Å². The molecule has 0 aliphatic rings. The molecule has 0 fully saturated rings. The number of fused-ring (bicyclic) bond motifs is 3.